The molecule has 0 N–H and O–H groups in total. The second kappa shape index (κ2) is 8.26. The van der Waals surface area contributed by atoms with Crippen molar-refractivity contribution in [3.05, 3.63) is 60.2 Å². The van der Waals surface area contributed by atoms with Crippen LogP contribution in [-0.2, 0) is 6.42 Å². The molecule has 0 aliphatic rings. The lowest BCUT2D eigenvalue weighted by molar-refractivity contribution is 0.285. The third-order valence-electron chi connectivity index (χ3n) is 3.22. The quantitative estimate of drug-likeness (QED) is 0.666. The first-order valence-electron chi connectivity index (χ1n) is 7.11. The number of aryl methyl sites for hydroxylation is 1. The summed E-state index contributed by atoms with van der Waals surface area (Å²) in [6.45, 7) is 0.725. The second-order valence-electron chi connectivity index (χ2n) is 4.72. The molecule has 0 spiro atoms. The highest BCUT2D eigenvalue weighted by atomic mass is 16.5. The smallest absolute Gasteiger partial charge is 0.161 e. The lowest BCUT2D eigenvalue weighted by atomic mass is 10.1. The van der Waals surface area contributed by atoms with Crippen LogP contribution in [-0.4, -0.2) is 13.7 Å². The molecule has 2 aromatic carbocycles. The molecule has 0 amide bonds. The fourth-order valence-corrected chi connectivity index (χ4v) is 2.12. The van der Waals surface area contributed by atoms with Gasteiger partial charge in [-0.3, -0.25) is 0 Å². The molecule has 2 rings (SSSR count). The van der Waals surface area contributed by atoms with Crippen LogP contribution in [0.3, 0.4) is 0 Å². The molecule has 20 heavy (non-hydrogen) atoms. The van der Waals surface area contributed by atoms with Crippen LogP contribution < -0.4 is 9.47 Å². The molecule has 0 aromatic heterocycles. The maximum atomic E-state index is 5.72. The van der Waals surface area contributed by atoms with Crippen molar-refractivity contribution in [1.29, 1.82) is 0 Å². The number of ether oxygens (including phenoxy) is 2. The Hall–Kier alpha value is -1.96. The largest absolute Gasteiger partial charge is 0.493 e. The van der Waals surface area contributed by atoms with Crippen LogP contribution in [0.15, 0.2) is 48.5 Å². The molecule has 0 aliphatic heterocycles. The minimum atomic E-state index is 0.725. The van der Waals surface area contributed by atoms with Gasteiger partial charge in [-0.25, -0.2) is 0 Å². The van der Waals surface area contributed by atoms with E-state index in [1.54, 1.807) is 7.11 Å². The summed E-state index contributed by atoms with van der Waals surface area (Å²) in [6.07, 6.45) is 4.58. The molecule has 105 valence electrons. The summed E-state index contributed by atoms with van der Waals surface area (Å²) < 4.78 is 11.0. The molecular weight excluding hydrogens is 248 g/mol. The maximum absolute atomic E-state index is 5.72. The highest BCUT2D eigenvalue weighted by Gasteiger charge is 2.01. The molecule has 2 aromatic rings. The van der Waals surface area contributed by atoms with E-state index in [-0.39, 0.29) is 0 Å². The van der Waals surface area contributed by atoms with E-state index in [1.165, 1.54) is 18.4 Å². The van der Waals surface area contributed by atoms with Gasteiger partial charge < -0.3 is 9.47 Å². The summed E-state index contributed by atoms with van der Waals surface area (Å²) in [5.74, 6) is 1.55. The molecule has 0 heterocycles. The highest BCUT2D eigenvalue weighted by molar-refractivity contribution is 5.38. The van der Waals surface area contributed by atoms with Gasteiger partial charge in [-0.05, 0) is 49.4 Å². The van der Waals surface area contributed by atoms with Gasteiger partial charge in [0.1, 0.15) is 0 Å². The van der Waals surface area contributed by atoms with Crippen LogP contribution in [0.1, 0.15) is 24.8 Å². The fourth-order valence-electron chi connectivity index (χ4n) is 2.12. The van der Waals surface area contributed by atoms with E-state index in [0.29, 0.717) is 0 Å². The topological polar surface area (TPSA) is 18.5 Å². The van der Waals surface area contributed by atoms with Gasteiger partial charge in [0.15, 0.2) is 11.5 Å². The zero-order valence-electron chi connectivity index (χ0n) is 12.0. The van der Waals surface area contributed by atoms with Crippen molar-refractivity contribution in [2.75, 3.05) is 13.7 Å². The molecule has 0 bridgehead atoms. The van der Waals surface area contributed by atoms with Gasteiger partial charge in [0.25, 0.3) is 0 Å². The summed E-state index contributed by atoms with van der Waals surface area (Å²) in [6, 6.07) is 19.1. The van der Waals surface area contributed by atoms with Crippen LogP contribution in [0.2, 0.25) is 0 Å². The van der Waals surface area contributed by atoms with Crippen molar-refractivity contribution in [3.8, 4) is 11.5 Å². The average molecular weight is 269 g/mol. The lowest BCUT2D eigenvalue weighted by Crippen LogP contribution is -1.99. The van der Waals surface area contributed by atoms with E-state index in [4.69, 9.17) is 9.47 Å². The van der Waals surface area contributed by atoms with Gasteiger partial charge in [0.05, 0.1) is 13.7 Å². The lowest BCUT2D eigenvalue weighted by Gasteiger charge is -2.09. The minimum Gasteiger partial charge on any atom is -0.493 e. The van der Waals surface area contributed by atoms with Gasteiger partial charge in [-0.15, -0.1) is 0 Å². The Bertz CT molecular complexity index is 494. The Kier molecular flexibility index (Phi) is 5.97. The van der Waals surface area contributed by atoms with Crippen molar-refractivity contribution in [1.82, 2.24) is 0 Å². The van der Waals surface area contributed by atoms with Crippen molar-refractivity contribution in [3.63, 3.8) is 0 Å². The minimum absolute atomic E-state index is 0.725. The zero-order valence-corrected chi connectivity index (χ0v) is 12.0. The Morgan fingerprint density at radius 2 is 1.80 bits per heavy atom. The van der Waals surface area contributed by atoms with Crippen LogP contribution in [0.5, 0.6) is 11.5 Å². The SMILES string of the molecule is COc1cc[c]cc1OCCCCCc1ccccc1. The van der Waals surface area contributed by atoms with E-state index in [1.807, 2.05) is 18.2 Å². The first-order valence-corrected chi connectivity index (χ1v) is 7.11. The third kappa shape index (κ3) is 4.61. The Labute approximate surface area is 121 Å². The molecule has 0 unspecified atom stereocenters. The van der Waals surface area contributed by atoms with Crippen molar-refractivity contribution in [2.45, 2.75) is 25.7 Å². The monoisotopic (exact) mass is 269 g/mol. The molecule has 0 fully saturated rings. The summed E-state index contributed by atoms with van der Waals surface area (Å²) >= 11 is 0. The van der Waals surface area contributed by atoms with Gasteiger partial charge in [-0.1, -0.05) is 36.4 Å². The number of unbranched alkanes of at least 4 members (excludes halogenated alkanes) is 2. The average Bonchev–Trinajstić information content (AvgIpc) is 2.52. The molecule has 0 saturated carbocycles. The molecule has 0 atom stereocenters. The second-order valence-corrected chi connectivity index (χ2v) is 4.72. The number of methoxy groups -OCH3 is 1. The Balaban J connectivity index is 1.62. The Morgan fingerprint density at radius 1 is 0.950 bits per heavy atom. The molecule has 1 radical (unpaired) electrons. The normalized spacial score (nSPS) is 10.2. The molecule has 2 nitrogen and oxygen atoms in total. The molecule has 2 heteroatoms. The Morgan fingerprint density at radius 3 is 2.60 bits per heavy atom. The van der Waals surface area contributed by atoms with Crippen molar-refractivity contribution in [2.24, 2.45) is 0 Å². The first kappa shape index (κ1) is 14.4. The predicted octanol–water partition coefficient (Wildman–Crippen LogP) is 4.29. The van der Waals surface area contributed by atoms with E-state index >= 15 is 0 Å². The van der Waals surface area contributed by atoms with Crippen molar-refractivity contribution < 1.29 is 9.47 Å². The molecule has 0 saturated heterocycles. The highest BCUT2D eigenvalue weighted by Crippen LogP contribution is 2.25. The van der Waals surface area contributed by atoms with Crippen LogP contribution in [0, 0.1) is 6.07 Å². The zero-order chi connectivity index (χ0) is 14.0. The number of benzene rings is 2. The van der Waals surface area contributed by atoms with E-state index in [9.17, 15) is 0 Å². The fraction of sp³-hybridized carbons (Fsp3) is 0.333. The summed E-state index contributed by atoms with van der Waals surface area (Å²) in [5.41, 5.74) is 1.41. The van der Waals surface area contributed by atoms with E-state index in [0.717, 1.165) is 30.9 Å². The van der Waals surface area contributed by atoms with Crippen molar-refractivity contribution >= 4 is 0 Å². The van der Waals surface area contributed by atoms with Gasteiger partial charge in [0.2, 0.25) is 0 Å². The molecule has 0 aliphatic carbocycles. The number of hydrogen-bond donors (Lipinski definition) is 0. The standard InChI is InChI=1S/C18H21O2/c1-19-17-13-7-8-14-18(17)20-15-9-3-6-12-16-10-4-2-5-11-16/h2,4-5,7,10-11,13-14H,3,6,9,12,15H2,1H3. The number of rotatable bonds is 8. The predicted molar refractivity (Wildman–Crippen MR) is 81.3 cm³/mol. The summed E-state index contributed by atoms with van der Waals surface area (Å²) in [7, 11) is 1.65. The maximum Gasteiger partial charge on any atom is 0.161 e. The van der Waals surface area contributed by atoms with Gasteiger partial charge >= 0.3 is 0 Å². The van der Waals surface area contributed by atoms with E-state index in [2.05, 4.69) is 36.4 Å². The van der Waals surface area contributed by atoms with Crippen LogP contribution in [0.4, 0.5) is 0 Å². The van der Waals surface area contributed by atoms with Crippen LogP contribution in [0.25, 0.3) is 0 Å². The molecular formula is C18H21O2. The first-order chi connectivity index (χ1) is 9.90. The van der Waals surface area contributed by atoms with Gasteiger partial charge in [-0.2, -0.15) is 0 Å². The summed E-state index contributed by atoms with van der Waals surface area (Å²) in [5, 5.41) is 0. The van der Waals surface area contributed by atoms with E-state index < -0.39 is 0 Å². The van der Waals surface area contributed by atoms with Crippen LogP contribution >= 0.6 is 0 Å². The summed E-state index contributed by atoms with van der Waals surface area (Å²) in [4.78, 5) is 0. The third-order valence-corrected chi connectivity index (χ3v) is 3.22. The number of hydrogen-bond acceptors (Lipinski definition) is 2. The van der Waals surface area contributed by atoms with Gasteiger partial charge in [0, 0.05) is 0 Å².